The van der Waals surface area contributed by atoms with Crippen LogP contribution in [-0.2, 0) is 14.6 Å². The Balaban J connectivity index is 1.95. The van der Waals surface area contributed by atoms with Crippen molar-refractivity contribution in [3.63, 3.8) is 0 Å². The van der Waals surface area contributed by atoms with Gasteiger partial charge in [-0.2, -0.15) is 0 Å². The van der Waals surface area contributed by atoms with Crippen molar-refractivity contribution in [3.05, 3.63) is 28.8 Å². The van der Waals surface area contributed by atoms with Crippen LogP contribution in [0.25, 0.3) is 0 Å². The molecule has 1 aromatic rings. The van der Waals surface area contributed by atoms with Gasteiger partial charge in [-0.15, -0.1) is 0 Å². The molecule has 4 nitrogen and oxygen atoms in total. The molecule has 6 heteroatoms. The Morgan fingerprint density at radius 3 is 2.79 bits per heavy atom. The molecule has 1 saturated heterocycles. The van der Waals surface area contributed by atoms with Crippen LogP contribution in [0.5, 0.6) is 0 Å². The summed E-state index contributed by atoms with van der Waals surface area (Å²) < 4.78 is 22.7. The van der Waals surface area contributed by atoms with Crippen molar-refractivity contribution in [2.45, 2.75) is 19.8 Å². The first kappa shape index (κ1) is 14.3. The molecule has 0 saturated carbocycles. The lowest BCUT2D eigenvalue weighted by Crippen LogP contribution is -2.17. The lowest BCUT2D eigenvalue weighted by molar-refractivity contribution is -0.116. The average Bonchev–Trinajstić information content (AvgIpc) is 2.62. The number of halogens is 1. The molecule has 0 aromatic heterocycles. The molecule has 0 aliphatic carbocycles. The number of hydrogen-bond acceptors (Lipinski definition) is 3. The summed E-state index contributed by atoms with van der Waals surface area (Å²) in [6.45, 7) is 1.86. The number of aryl methyl sites for hydroxylation is 1. The number of rotatable bonds is 3. The number of benzene rings is 1. The summed E-state index contributed by atoms with van der Waals surface area (Å²) in [6, 6.07) is 5.24. The SMILES string of the molecule is Cc1cc(Cl)ccc1NC(=O)C[C@H]1CCS(=O)(=O)C1. The highest BCUT2D eigenvalue weighted by Crippen LogP contribution is 2.23. The molecule has 19 heavy (non-hydrogen) atoms. The number of carbonyl (C=O) groups is 1. The van der Waals surface area contributed by atoms with Gasteiger partial charge in [-0.25, -0.2) is 8.42 Å². The van der Waals surface area contributed by atoms with Crippen LogP contribution in [-0.4, -0.2) is 25.8 Å². The zero-order valence-electron chi connectivity index (χ0n) is 10.6. The Kier molecular flexibility index (Phi) is 4.16. The number of hydrogen-bond donors (Lipinski definition) is 1. The van der Waals surface area contributed by atoms with E-state index in [9.17, 15) is 13.2 Å². The highest BCUT2D eigenvalue weighted by Gasteiger charge is 2.29. The molecule has 1 N–H and O–H groups in total. The van der Waals surface area contributed by atoms with Crippen LogP contribution < -0.4 is 5.32 Å². The molecule has 1 aliphatic heterocycles. The van der Waals surface area contributed by atoms with Crippen molar-refractivity contribution < 1.29 is 13.2 Å². The van der Waals surface area contributed by atoms with E-state index in [1.54, 1.807) is 18.2 Å². The van der Waals surface area contributed by atoms with E-state index < -0.39 is 9.84 Å². The van der Waals surface area contributed by atoms with Crippen LogP contribution >= 0.6 is 11.6 Å². The highest BCUT2D eigenvalue weighted by molar-refractivity contribution is 7.91. The van der Waals surface area contributed by atoms with Crippen LogP contribution in [0.2, 0.25) is 5.02 Å². The third-order valence-corrected chi connectivity index (χ3v) is 5.34. The summed E-state index contributed by atoms with van der Waals surface area (Å²) >= 11 is 5.84. The van der Waals surface area contributed by atoms with Crippen molar-refractivity contribution >= 4 is 33.0 Å². The molecule has 0 unspecified atom stereocenters. The summed E-state index contributed by atoms with van der Waals surface area (Å²) in [5.74, 6) is 0.121. The van der Waals surface area contributed by atoms with Gasteiger partial charge in [0.15, 0.2) is 9.84 Å². The Morgan fingerprint density at radius 2 is 2.21 bits per heavy atom. The molecule has 104 valence electrons. The van der Waals surface area contributed by atoms with E-state index in [1.165, 1.54) is 0 Å². The molecule has 1 aliphatic rings. The summed E-state index contributed by atoms with van der Waals surface area (Å²) in [6.07, 6.45) is 0.830. The van der Waals surface area contributed by atoms with Gasteiger partial charge in [0.05, 0.1) is 11.5 Å². The molecule has 0 spiro atoms. The second kappa shape index (κ2) is 5.51. The minimum absolute atomic E-state index is 0.0578. The summed E-state index contributed by atoms with van der Waals surface area (Å²) in [7, 11) is -2.93. The fourth-order valence-corrected chi connectivity index (χ4v) is 4.35. The van der Waals surface area contributed by atoms with E-state index in [-0.39, 0.29) is 29.8 Å². The van der Waals surface area contributed by atoms with E-state index in [2.05, 4.69) is 5.32 Å². The second-order valence-electron chi connectivity index (χ2n) is 4.98. The van der Waals surface area contributed by atoms with Gasteiger partial charge < -0.3 is 5.32 Å². The largest absolute Gasteiger partial charge is 0.326 e. The number of anilines is 1. The Morgan fingerprint density at radius 1 is 1.47 bits per heavy atom. The topological polar surface area (TPSA) is 63.2 Å². The summed E-state index contributed by atoms with van der Waals surface area (Å²) in [5, 5.41) is 3.42. The minimum atomic E-state index is -2.93. The average molecular weight is 302 g/mol. The Bertz CT molecular complexity index is 598. The molecule has 1 heterocycles. The van der Waals surface area contributed by atoms with Crippen LogP contribution in [0.3, 0.4) is 0 Å². The van der Waals surface area contributed by atoms with Crippen molar-refractivity contribution in [2.24, 2.45) is 5.92 Å². The maximum atomic E-state index is 11.9. The molecular formula is C13H16ClNO3S. The first-order chi connectivity index (χ1) is 8.85. The van der Waals surface area contributed by atoms with Crippen molar-refractivity contribution in [2.75, 3.05) is 16.8 Å². The summed E-state index contributed by atoms with van der Waals surface area (Å²) in [5.41, 5.74) is 1.61. The zero-order valence-corrected chi connectivity index (χ0v) is 12.2. The second-order valence-corrected chi connectivity index (χ2v) is 7.65. The number of carbonyl (C=O) groups excluding carboxylic acids is 1. The van der Waals surface area contributed by atoms with E-state index in [4.69, 9.17) is 11.6 Å². The van der Waals surface area contributed by atoms with Gasteiger partial charge in [-0.05, 0) is 43.0 Å². The first-order valence-corrected chi connectivity index (χ1v) is 8.32. The molecule has 1 amide bonds. The first-order valence-electron chi connectivity index (χ1n) is 6.12. The fraction of sp³-hybridized carbons (Fsp3) is 0.462. The molecule has 0 radical (unpaired) electrons. The fourth-order valence-electron chi connectivity index (χ4n) is 2.26. The van der Waals surface area contributed by atoms with Crippen molar-refractivity contribution in [3.8, 4) is 0 Å². The van der Waals surface area contributed by atoms with Gasteiger partial charge >= 0.3 is 0 Å². The van der Waals surface area contributed by atoms with Gasteiger partial charge in [-0.3, -0.25) is 4.79 Å². The molecule has 1 atom stereocenters. The number of nitrogens with one attached hydrogen (secondary N) is 1. The van der Waals surface area contributed by atoms with Crippen LogP contribution in [0, 0.1) is 12.8 Å². The van der Waals surface area contributed by atoms with Crippen molar-refractivity contribution in [1.29, 1.82) is 0 Å². The molecular weight excluding hydrogens is 286 g/mol. The van der Waals surface area contributed by atoms with Gasteiger partial charge in [0.25, 0.3) is 0 Å². The molecule has 0 bridgehead atoms. The lowest BCUT2D eigenvalue weighted by atomic mass is 10.0. The van der Waals surface area contributed by atoms with Crippen LogP contribution in [0.4, 0.5) is 5.69 Å². The van der Waals surface area contributed by atoms with Crippen LogP contribution in [0.1, 0.15) is 18.4 Å². The van der Waals surface area contributed by atoms with Gasteiger partial charge in [0, 0.05) is 17.1 Å². The van der Waals surface area contributed by atoms with E-state index in [0.717, 1.165) is 11.3 Å². The molecule has 1 aromatic carbocycles. The zero-order chi connectivity index (χ0) is 14.0. The predicted octanol–water partition coefficient (Wildman–Crippen LogP) is 2.41. The van der Waals surface area contributed by atoms with E-state index in [0.29, 0.717) is 11.4 Å². The summed E-state index contributed by atoms with van der Waals surface area (Å²) in [4.78, 5) is 11.9. The number of sulfone groups is 1. The smallest absolute Gasteiger partial charge is 0.224 e. The third kappa shape index (κ3) is 3.94. The van der Waals surface area contributed by atoms with Crippen LogP contribution in [0.15, 0.2) is 18.2 Å². The number of amides is 1. The Labute approximate surface area is 118 Å². The highest BCUT2D eigenvalue weighted by atomic mass is 35.5. The Hall–Kier alpha value is -1.07. The molecule has 2 rings (SSSR count). The van der Waals surface area contributed by atoms with Gasteiger partial charge in [-0.1, -0.05) is 11.6 Å². The quantitative estimate of drug-likeness (QED) is 0.932. The molecule has 1 fully saturated rings. The maximum Gasteiger partial charge on any atom is 0.224 e. The maximum absolute atomic E-state index is 11.9. The van der Waals surface area contributed by atoms with Crippen molar-refractivity contribution in [1.82, 2.24) is 0 Å². The van der Waals surface area contributed by atoms with Gasteiger partial charge in [0.1, 0.15) is 0 Å². The monoisotopic (exact) mass is 301 g/mol. The standard InChI is InChI=1S/C13H16ClNO3S/c1-9-6-11(14)2-3-12(9)15-13(16)7-10-4-5-19(17,18)8-10/h2-3,6,10H,4-5,7-8H2,1H3,(H,15,16)/t10-/m1/s1. The minimum Gasteiger partial charge on any atom is -0.326 e. The third-order valence-electron chi connectivity index (χ3n) is 3.26. The van der Waals surface area contributed by atoms with E-state index >= 15 is 0 Å². The predicted molar refractivity (Wildman–Crippen MR) is 76.2 cm³/mol. The normalized spacial score (nSPS) is 21.3. The lowest BCUT2D eigenvalue weighted by Gasteiger charge is -2.11. The van der Waals surface area contributed by atoms with E-state index in [1.807, 2.05) is 6.92 Å². The van der Waals surface area contributed by atoms with Gasteiger partial charge in [0.2, 0.25) is 5.91 Å².